The normalized spacial score (nSPS) is 17.7. The highest BCUT2D eigenvalue weighted by atomic mass is 79.9. The van der Waals surface area contributed by atoms with E-state index < -0.39 is 0 Å². The first-order chi connectivity index (χ1) is 7.50. The van der Waals surface area contributed by atoms with Crippen molar-refractivity contribution in [2.24, 2.45) is 0 Å². The van der Waals surface area contributed by atoms with E-state index in [0.717, 1.165) is 21.8 Å². The lowest BCUT2D eigenvalue weighted by Gasteiger charge is -2.39. The van der Waals surface area contributed by atoms with Gasteiger partial charge in [-0.2, -0.15) is 0 Å². The van der Waals surface area contributed by atoms with E-state index in [1.165, 1.54) is 6.42 Å². The van der Waals surface area contributed by atoms with Gasteiger partial charge in [-0.1, -0.05) is 15.9 Å². The predicted octanol–water partition coefficient (Wildman–Crippen LogP) is 3.88. The van der Waals surface area contributed by atoms with Gasteiger partial charge in [0.2, 0.25) is 0 Å². The summed E-state index contributed by atoms with van der Waals surface area (Å²) in [4.78, 5) is 12.0. The van der Waals surface area contributed by atoms with E-state index in [2.05, 4.69) is 44.1 Å². The molecule has 1 fully saturated rings. The molecule has 16 heavy (non-hydrogen) atoms. The van der Waals surface area contributed by atoms with Crippen molar-refractivity contribution in [3.8, 4) is 0 Å². The molecule has 0 atom stereocenters. The van der Waals surface area contributed by atoms with Crippen LogP contribution in [0.3, 0.4) is 0 Å². The van der Waals surface area contributed by atoms with Crippen LogP contribution in [0.4, 0.5) is 0 Å². The Balaban J connectivity index is 2.14. The molecule has 2 nitrogen and oxygen atoms in total. The second-order valence-electron chi connectivity index (χ2n) is 4.49. The van der Waals surface area contributed by atoms with Crippen LogP contribution >= 0.6 is 31.9 Å². The van der Waals surface area contributed by atoms with Crippen LogP contribution in [0.25, 0.3) is 0 Å². The highest BCUT2D eigenvalue weighted by molar-refractivity contribution is 9.11. The third-order valence-electron chi connectivity index (χ3n) is 3.05. The lowest BCUT2D eigenvalue weighted by molar-refractivity contribution is 0.0849. The van der Waals surface area contributed by atoms with E-state index in [4.69, 9.17) is 0 Å². The first kappa shape index (κ1) is 12.1. The third kappa shape index (κ3) is 2.48. The van der Waals surface area contributed by atoms with Gasteiger partial charge in [-0.15, -0.1) is 0 Å². The molecular formula is C12H13Br2NO. The summed E-state index contributed by atoms with van der Waals surface area (Å²) < 4.78 is 1.79. The number of nitrogens with one attached hydrogen (secondary N) is 1. The highest BCUT2D eigenvalue weighted by Gasteiger charge is 2.33. The molecule has 0 aliphatic heterocycles. The Bertz CT molecular complexity index is 427. The molecular weight excluding hydrogens is 334 g/mol. The van der Waals surface area contributed by atoms with Crippen LogP contribution in [-0.4, -0.2) is 11.4 Å². The summed E-state index contributed by atoms with van der Waals surface area (Å²) >= 11 is 6.77. The van der Waals surface area contributed by atoms with Gasteiger partial charge in [0, 0.05) is 14.5 Å². The van der Waals surface area contributed by atoms with Crippen molar-refractivity contribution in [2.45, 2.75) is 31.7 Å². The summed E-state index contributed by atoms with van der Waals surface area (Å²) in [5.74, 6) is 0.00146. The quantitative estimate of drug-likeness (QED) is 0.864. The van der Waals surface area contributed by atoms with Gasteiger partial charge in [-0.05, 0) is 60.3 Å². The largest absolute Gasteiger partial charge is 0.347 e. The maximum atomic E-state index is 12.0. The minimum Gasteiger partial charge on any atom is -0.347 e. The van der Waals surface area contributed by atoms with Crippen molar-refractivity contribution in [1.82, 2.24) is 5.32 Å². The molecule has 4 heteroatoms. The maximum absolute atomic E-state index is 12.0. The molecule has 1 N–H and O–H groups in total. The molecule has 0 unspecified atom stereocenters. The molecule has 0 heterocycles. The molecule has 86 valence electrons. The van der Waals surface area contributed by atoms with Crippen LogP contribution in [0, 0.1) is 0 Å². The Kier molecular flexibility index (Phi) is 3.40. The summed E-state index contributed by atoms with van der Waals surface area (Å²) in [5, 5.41) is 3.09. The summed E-state index contributed by atoms with van der Waals surface area (Å²) in [6.07, 6.45) is 3.36. The number of hydrogen-bond donors (Lipinski definition) is 1. The van der Waals surface area contributed by atoms with Crippen LogP contribution in [-0.2, 0) is 0 Å². The number of amides is 1. The van der Waals surface area contributed by atoms with E-state index in [9.17, 15) is 4.79 Å². The van der Waals surface area contributed by atoms with E-state index in [1.54, 1.807) is 0 Å². The zero-order valence-electron chi connectivity index (χ0n) is 9.02. The van der Waals surface area contributed by atoms with Crippen LogP contribution in [0.2, 0.25) is 0 Å². The number of benzene rings is 1. The molecule has 2 rings (SSSR count). The molecule has 1 aliphatic carbocycles. The second kappa shape index (κ2) is 4.49. The van der Waals surface area contributed by atoms with E-state index >= 15 is 0 Å². The van der Waals surface area contributed by atoms with Gasteiger partial charge >= 0.3 is 0 Å². The molecule has 1 aromatic carbocycles. The summed E-state index contributed by atoms with van der Waals surface area (Å²) in [7, 11) is 0. The first-order valence-electron chi connectivity index (χ1n) is 5.28. The Morgan fingerprint density at radius 3 is 2.56 bits per heavy atom. The molecule has 1 aliphatic rings. The Morgan fingerprint density at radius 2 is 2.06 bits per heavy atom. The van der Waals surface area contributed by atoms with Gasteiger partial charge in [-0.25, -0.2) is 0 Å². The minimum atomic E-state index is 0.00146. The van der Waals surface area contributed by atoms with Gasteiger partial charge in [-0.3, -0.25) is 4.79 Å². The number of carbonyl (C=O) groups is 1. The van der Waals surface area contributed by atoms with Crippen LogP contribution < -0.4 is 5.32 Å². The summed E-state index contributed by atoms with van der Waals surface area (Å²) in [5.41, 5.74) is 0.695. The Morgan fingerprint density at radius 1 is 1.38 bits per heavy atom. The van der Waals surface area contributed by atoms with E-state index in [-0.39, 0.29) is 11.4 Å². The molecule has 1 aromatic rings. The van der Waals surface area contributed by atoms with E-state index in [0.29, 0.717) is 5.56 Å². The average molecular weight is 347 g/mol. The molecule has 1 amide bonds. The third-order valence-corrected chi connectivity index (χ3v) is 4.20. The van der Waals surface area contributed by atoms with Crippen molar-refractivity contribution in [3.05, 3.63) is 32.7 Å². The van der Waals surface area contributed by atoms with Crippen molar-refractivity contribution in [1.29, 1.82) is 0 Å². The SMILES string of the molecule is CC1(NC(=O)c2ccc(Br)cc2Br)CCC1. The predicted molar refractivity (Wildman–Crippen MR) is 71.6 cm³/mol. The van der Waals surface area contributed by atoms with Crippen LogP contribution in [0.15, 0.2) is 27.1 Å². The van der Waals surface area contributed by atoms with Gasteiger partial charge < -0.3 is 5.32 Å². The molecule has 0 saturated heterocycles. The molecule has 0 bridgehead atoms. The van der Waals surface area contributed by atoms with E-state index in [1.807, 2.05) is 18.2 Å². The Hall–Kier alpha value is -0.350. The zero-order valence-corrected chi connectivity index (χ0v) is 12.2. The van der Waals surface area contributed by atoms with Crippen molar-refractivity contribution >= 4 is 37.8 Å². The van der Waals surface area contributed by atoms with Crippen LogP contribution in [0.1, 0.15) is 36.5 Å². The lowest BCUT2D eigenvalue weighted by Crippen LogP contribution is -2.51. The number of halogens is 2. The van der Waals surface area contributed by atoms with Crippen LogP contribution in [0.5, 0.6) is 0 Å². The van der Waals surface area contributed by atoms with Crippen molar-refractivity contribution in [2.75, 3.05) is 0 Å². The average Bonchev–Trinajstić information content (AvgIpc) is 2.14. The van der Waals surface area contributed by atoms with Gasteiger partial charge in [0.15, 0.2) is 0 Å². The minimum absolute atomic E-state index is 0.00146. The molecule has 0 spiro atoms. The Labute approximate surface area is 112 Å². The van der Waals surface area contributed by atoms with Gasteiger partial charge in [0.1, 0.15) is 0 Å². The fourth-order valence-corrected chi connectivity index (χ4v) is 3.07. The maximum Gasteiger partial charge on any atom is 0.252 e. The van der Waals surface area contributed by atoms with Gasteiger partial charge in [0.05, 0.1) is 5.56 Å². The smallest absolute Gasteiger partial charge is 0.252 e. The summed E-state index contributed by atoms with van der Waals surface area (Å²) in [6, 6.07) is 5.59. The molecule has 1 saturated carbocycles. The highest BCUT2D eigenvalue weighted by Crippen LogP contribution is 2.32. The fourth-order valence-electron chi connectivity index (χ4n) is 1.85. The standard InChI is InChI=1S/C12H13Br2NO/c1-12(5-2-6-12)15-11(16)9-4-3-8(13)7-10(9)14/h3-4,7H,2,5-6H2,1H3,(H,15,16). The summed E-state index contributed by atoms with van der Waals surface area (Å²) in [6.45, 7) is 2.10. The van der Waals surface area contributed by atoms with Gasteiger partial charge in [0.25, 0.3) is 5.91 Å². The number of rotatable bonds is 2. The molecule has 0 radical (unpaired) electrons. The monoisotopic (exact) mass is 345 g/mol. The number of hydrogen-bond acceptors (Lipinski definition) is 1. The number of carbonyl (C=O) groups excluding carboxylic acids is 1. The lowest BCUT2D eigenvalue weighted by atomic mass is 9.78. The van der Waals surface area contributed by atoms with Crippen molar-refractivity contribution in [3.63, 3.8) is 0 Å². The molecule has 0 aromatic heterocycles. The second-order valence-corrected chi connectivity index (χ2v) is 6.26. The van der Waals surface area contributed by atoms with Crippen molar-refractivity contribution < 1.29 is 4.79 Å². The first-order valence-corrected chi connectivity index (χ1v) is 6.86. The fraction of sp³-hybridized carbons (Fsp3) is 0.417. The zero-order chi connectivity index (χ0) is 11.8. The topological polar surface area (TPSA) is 29.1 Å².